The van der Waals surface area contributed by atoms with Gasteiger partial charge < -0.3 is 4.74 Å². The standard InChI is InChI=1S/C20H20ClN4O.C5H5.Fe/c21-17-4-5-18-19(6-7-22-20(18)12-17)24-23-13-15-2-1-3-16(15)14-25-8-10-26-11-9-25;1-2-4-5-3-1;/h1-7,12-13H,8-11,14H2,(H,22,24);1-5H;/q;;+2/b23-13+;;. The van der Waals surface area contributed by atoms with E-state index >= 15 is 0 Å². The van der Waals surface area contributed by atoms with Crippen LogP contribution in [0.4, 0.5) is 5.69 Å². The number of pyridine rings is 1. The monoisotopic (exact) mass is 488 g/mol. The Balaban J connectivity index is 0.000000427. The van der Waals surface area contributed by atoms with Crippen molar-refractivity contribution in [3.05, 3.63) is 98.7 Å². The van der Waals surface area contributed by atoms with Gasteiger partial charge in [0.15, 0.2) is 0 Å². The van der Waals surface area contributed by atoms with E-state index in [1.165, 1.54) is 5.92 Å². The molecule has 1 N–H and O–H groups in total. The summed E-state index contributed by atoms with van der Waals surface area (Å²) in [6.07, 6.45) is 19.9. The fourth-order valence-electron chi connectivity index (χ4n) is 3.45. The zero-order valence-electron chi connectivity index (χ0n) is 17.6. The molecular weight excluding hydrogens is 464 g/mol. The Hall–Kier alpha value is -1.17. The third-order valence-corrected chi connectivity index (χ3v) is 5.33. The zero-order chi connectivity index (χ0) is 21.3. The molecule has 0 bridgehead atoms. The van der Waals surface area contributed by atoms with Gasteiger partial charge in [-0.1, -0.05) is 11.6 Å². The Morgan fingerprint density at radius 1 is 1.03 bits per heavy atom. The number of fused-ring (bicyclic) bond motifs is 1. The van der Waals surface area contributed by atoms with Crippen molar-refractivity contribution in [2.24, 2.45) is 5.10 Å². The van der Waals surface area contributed by atoms with Crippen LogP contribution in [-0.4, -0.2) is 48.9 Å². The third-order valence-electron chi connectivity index (χ3n) is 5.09. The summed E-state index contributed by atoms with van der Waals surface area (Å²) in [5.41, 5.74) is 4.88. The van der Waals surface area contributed by atoms with Gasteiger partial charge in [-0.15, -0.1) is 0 Å². The number of halogens is 1. The molecule has 32 heavy (non-hydrogen) atoms. The largest absolute Gasteiger partial charge is 2.00 e. The maximum atomic E-state index is 6.04. The average molecular weight is 489 g/mol. The predicted octanol–water partition coefficient (Wildman–Crippen LogP) is 4.41. The number of aromatic nitrogens is 1. The molecule has 0 atom stereocenters. The first kappa shape index (κ1) is 25.5. The molecule has 2 aliphatic carbocycles. The molecule has 0 amide bonds. The second kappa shape index (κ2) is 13.5. The molecule has 0 spiro atoms. The molecule has 10 radical (unpaired) electrons. The first-order valence-corrected chi connectivity index (χ1v) is 10.7. The Bertz CT molecular complexity index is 847. The number of hydrogen-bond donors (Lipinski definition) is 1. The Morgan fingerprint density at radius 2 is 1.78 bits per heavy atom. The van der Waals surface area contributed by atoms with Crippen molar-refractivity contribution < 1.29 is 21.8 Å². The van der Waals surface area contributed by atoms with E-state index in [1.54, 1.807) is 6.20 Å². The minimum absolute atomic E-state index is 0. The number of hydrogen-bond acceptors (Lipinski definition) is 5. The number of rotatable bonds is 5. The molecule has 1 aromatic carbocycles. The molecule has 2 heterocycles. The van der Waals surface area contributed by atoms with Gasteiger partial charge in [0, 0.05) is 54.3 Å². The van der Waals surface area contributed by atoms with E-state index in [-0.39, 0.29) is 17.1 Å². The van der Waals surface area contributed by atoms with Crippen molar-refractivity contribution in [1.29, 1.82) is 0 Å². The third kappa shape index (κ3) is 7.43. The van der Waals surface area contributed by atoms with Gasteiger partial charge >= 0.3 is 17.1 Å². The molecule has 3 fully saturated rings. The van der Waals surface area contributed by atoms with Gasteiger partial charge in [-0.25, -0.2) is 0 Å². The average Bonchev–Trinajstić information content (AvgIpc) is 3.50. The number of nitrogens with zero attached hydrogens (tertiary/aromatic N) is 3. The SMILES string of the molecule is Clc1ccc2c(N/N=C/[C]3[CH][CH][CH][C]3CN3CCOCC3)ccnc2c1.[CH]1[CH][CH][CH][CH]1.[Fe+2]. The van der Waals surface area contributed by atoms with Crippen molar-refractivity contribution in [1.82, 2.24) is 9.88 Å². The van der Waals surface area contributed by atoms with Crippen LogP contribution in [0.2, 0.25) is 5.02 Å². The van der Waals surface area contributed by atoms with Crippen molar-refractivity contribution in [2.75, 3.05) is 38.3 Å². The summed E-state index contributed by atoms with van der Waals surface area (Å²) in [6.45, 7) is 4.50. The van der Waals surface area contributed by atoms with Crippen LogP contribution < -0.4 is 5.43 Å². The molecule has 2 aromatic rings. The maximum Gasteiger partial charge on any atom is 2.00 e. The number of hydrazone groups is 1. The second-order valence-electron chi connectivity index (χ2n) is 7.25. The number of anilines is 1. The summed E-state index contributed by atoms with van der Waals surface area (Å²) in [6, 6.07) is 7.57. The van der Waals surface area contributed by atoms with Crippen LogP contribution >= 0.6 is 11.6 Å². The van der Waals surface area contributed by atoms with Crippen LogP contribution in [-0.2, 0) is 21.8 Å². The molecule has 5 rings (SSSR count). The molecule has 2 saturated carbocycles. The number of ether oxygens (including phenoxy) is 1. The Labute approximate surface area is 207 Å². The minimum atomic E-state index is 0. The van der Waals surface area contributed by atoms with Crippen LogP contribution in [0.25, 0.3) is 10.9 Å². The molecule has 164 valence electrons. The molecule has 3 aliphatic rings. The van der Waals surface area contributed by atoms with E-state index in [1.807, 2.05) is 62.6 Å². The number of morpholine rings is 1. The summed E-state index contributed by atoms with van der Waals surface area (Å²) in [5.74, 6) is 2.41. The second-order valence-corrected chi connectivity index (χ2v) is 7.68. The zero-order valence-corrected chi connectivity index (χ0v) is 19.5. The molecule has 1 aliphatic heterocycles. The van der Waals surface area contributed by atoms with Gasteiger partial charge in [-0.2, -0.15) is 5.10 Å². The predicted molar refractivity (Wildman–Crippen MR) is 127 cm³/mol. The number of benzene rings is 1. The van der Waals surface area contributed by atoms with Gasteiger partial charge in [0.25, 0.3) is 0 Å². The van der Waals surface area contributed by atoms with E-state index < -0.39 is 0 Å². The van der Waals surface area contributed by atoms with Gasteiger partial charge in [-0.3, -0.25) is 15.3 Å². The van der Waals surface area contributed by atoms with Crippen molar-refractivity contribution in [3.63, 3.8) is 0 Å². The first-order valence-electron chi connectivity index (χ1n) is 10.3. The van der Waals surface area contributed by atoms with E-state index in [9.17, 15) is 0 Å². The molecule has 1 aromatic heterocycles. The van der Waals surface area contributed by atoms with E-state index in [4.69, 9.17) is 16.3 Å². The molecule has 5 nitrogen and oxygen atoms in total. The normalized spacial score (nSPS) is 20.3. The maximum absolute atomic E-state index is 6.04. The quantitative estimate of drug-likeness (QED) is 0.385. The van der Waals surface area contributed by atoms with Crippen LogP contribution in [0, 0.1) is 63.2 Å². The van der Waals surface area contributed by atoms with Crippen LogP contribution in [0.5, 0.6) is 0 Å². The van der Waals surface area contributed by atoms with Crippen molar-refractivity contribution in [2.45, 2.75) is 0 Å². The summed E-state index contributed by atoms with van der Waals surface area (Å²) >= 11 is 6.04. The summed E-state index contributed by atoms with van der Waals surface area (Å²) in [7, 11) is 0. The van der Waals surface area contributed by atoms with E-state index in [0.717, 1.165) is 55.4 Å². The van der Waals surface area contributed by atoms with Gasteiger partial charge in [0.1, 0.15) is 0 Å². The first-order chi connectivity index (χ1) is 15.3. The van der Waals surface area contributed by atoms with Crippen molar-refractivity contribution >= 4 is 34.4 Å². The summed E-state index contributed by atoms with van der Waals surface area (Å²) in [5, 5.41) is 6.10. The number of nitrogens with one attached hydrogen (secondary N) is 1. The van der Waals surface area contributed by atoms with Crippen molar-refractivity contribution in [3.8, 4) is 0 Å². The fraction of sp³-hybridized carbons (Fsp3) is 0.200. The summed E-state index contributed by atoms with van der Waals surface area (Å²) in [4.78, 5) is 6.75. The van der Waals surface area contributed by atoms with Gasteiger partial charge in [0.05, 0.1) is 24.4 Å². The molecule has 0 unspecified atom stereocenters. The van der Waals surface area contributed by atoms with Gasteiger partial charge in [0.2, 0.25) is 0 Å². The summed E-state index contributed by atoms with van der Waals surface area (Å²) < 4.78 is 5.41. The van der Waals surface area contributed by atoms with E-state index in [2.05, 4.69) is 39.7 Å². The fourth-order valence-corrected chi connectivity index (χ4v) is 3.62. The van der Waals surface area contributed by atoms with Crippen LogP contribution in [0.15, 0.2) is 35.6 Å². The Morgan fingerprint density at radius 3 is 2.53 bits per heavy atom. The van der Waals surface area contributed by atoms with Crippen LogP contribution in [0.1, 0.15) is 0 Å². The van der Waals surface area contributed by atoms with E-state index in [0.29, 0.717) is 5.02 Å². The molecule has 7 heteroatoms. The molecular formula is C25H25ClFeN4O+2. The minimum Gasteiger partial charge on any atom is -0.379 e. The Kier molecular flexibility index (Phi) is 10.8. The van der Waals surface area contributed by atoms with Crippen LogP contribution in [0.3, 0.4) is 0 Å². The molecule has 1 saturated heterocycles. The van der Waals surface area contributed by atoms with Gasteiger partial charge in [-0.05, 0) is 75.6 Å². The topological polar surface area (TPSA) is 49.8 Å². The smallest absolute Gasteiger partial charge is 0.379 e.